The van der Waals surface area contributed by atoms with Crippen molar-refractivity contribution in [3.63, 3.8) is 0 Å². The fourth-order valence-electron chi connectivity index (χ4n) is 1.77. The Hall–Kier alpha value is -2.25. The standard InChI is InChI=1S/C12H10Cl2N6O/c13-7-1-3-9(10(14)5-7)11-4-2-8(21-11)6-16-20-12(15)17-18-19-20/h1-5,16H,6H2,(H2,15,17,19). The van der Waals surface area contributed by atoms with Gasteiger partial charge < -0.3 is 10.2 Å². The van der Waals surface area contributed by atoms with E-state index in [1.54, 1.807) is 18.2 Å². The van der Waals surface area contributed by atoms with E-state index in [0.717, 1.165) is 5.56 Å². The van der Waals surface area contributed by atoms with Gasteiger partial charge in [0.1, 0.15) is 11.5 Å². The number of hydrogen-bond donors (Lipinski definition) is 2. The van der Waals surface area contributed by atoms with Crippen LogP contribution in [-0.2, 0) is 6.54 Å². The first kappa shape index (κ1) is 13.7. The van der Waals surface area contributed by atoms with Crippen LogP contribution in [0.25, 0.3) is 11.3 Å². The Morgan fingerprint density at radius 3 is 2.81 bits per heavy atom. The van der Waals surface area contributed by atoms with Crippen molar-refractivity contribution < 1.29 is 4.42 Å². The number of rotatable bonds is 4. The van der Waals surface area contributed by atoms with Crippen molar-refractivity contribution in [3.8, 4) is 11.3 Å². The van der Waals surface area contributed by atoms with E-state index in [1.165, 1.54) is 4.79 Å². The van der Waals surface area contributed by atoms with E-state index in [1.807, 2.05) is 12.1 Å². The van der Waals surface area contributed by atoms with E-state index in [0.29, 0.717) is 28.1 Å². The van der Waals surface area contributed by atoms with Gasteiger partial charge in [-0.15, -0.1) is 4.79 Å². The summed E-state index contributed by atoms with van der Waals surface area (Å²) in [5.74, 6) is 1.51. The fraction of sp³-hybridized carbons (Fsp3) is 0.0833. The highest BCUT2D eigenvalue weighted by molar-refractivity contribution is 6.36. The van der Waals surface area contributed by atoms with Gasteiger partial charge in [-0.25, -0.2) is 0 Å². The average molecular weight is 325 g/mol. The zero-order chi connectivity index (χ0) is 14.8. The molecule has 0 aliphatic carbocycles. The average Bonchev–Trinajstić information content (AvgIpc) is 3.05. The van der Waals surface area contributed by atoms with Gasteiger partial charge in [-0.1, -0.05) is 28.3 Å². The molecule has 3 N–H and O–H groups in total. The molecule has 2 heterocycles. The second-order valence-electron chi connectivity index (χ2n) is 4.17. The number of nitrogens with two attached hydrogens (primary N) is 1. The fourth-order valence-corrected chi connectivity index (χ4v) is 2.27. The van der Waals surface area contributed by atoms with Gasteiger partial charge >= 0.3 is 0 Å². The number of benzene rings is 1. The third-order valence-corrected chi connectivity index (χ3v) is 3.30. The summed E-state index contributed by atoms with van der Waals surface area (Å²) < 4.78 is 5.72. The van der Waals surface area contributed by atoms with Gasteiger partial charge in [0, 0.05) is 10.6 Å². The normalized spacial score (nSPS) is 10.8. The highest BCUT2D eigenvalue weighted by Crippen LogP contribution is 2.31. The van der Waals surface area contributed by atoms with E-state index >= 15 is 0 Å². The molecule has 0 aliphatic rings. The Morgan fingerprint density at radius 2 is 2.10 bits per heavy atom. The molecular weight excluding hydrogens is 315 g/mol. The molecule has 3 aromatic rings. The summed E-state index contributed by atoms with van der Waals surface area (Å²) in [7, 11) is 0. The van der Waals surface area contributed by atoms with Gasteiger partial charge in [0.15, 0.2) is 0 Å². The maximum Gasteiger partial charge on any atom is 0.260 e. The second-order valence-corrected chi connectivity index (χ2v) is 5.02. The largest absolute Gasteiger partial charge is 0.459 e. The topological polar surface area (TPSA) is 94.8 Å². The molecule has 1 aromatic carbocycles. The zero-order valence-electron chi connectivity index (χ0n) is 10.6. The van der Waals surface area contributed by atoms with Crippen LogP contribution in [0.15, 0.2) is 34.7 Å². The lowest BCUT2D eigenvalue weighted by molar-refractivity contribution is 0.517. The Morgan fingerprint density at radius 1 is 1.24 bits per heavy atom. The summed E-state index contributed by atoms with van der Waals surface area (Å²) in [6.45, 7) is 0.375. The molecule has 0 spiro atoms. The summed E-state index contributed by atoms with van der Waals surface area (Å²) in [6.07, 6.45) is 0. The van der Waals surface area contributed by atoms with Crippen molar-refractivity contribution in [3.05, 3.63) is 46.1 Å². The van der Waals surface area contributed by atoms with Crippen molar-refractivity contribution in [2.45, 2.75) is 6.54 Å². The number of furan rings is 1. The van der Waals surface area contributed by atoms with E-state index in [2.05, 4.69) is 21.0 Å². The maximum absolute atomic E-state index is 6.15. The molecule has 2 aromatic heterocycles. The minimum Gasteiger partial charge on any atom is -0.459 e. The molecule has 0 unspecified atom stereocenters. The van der Waals surface area contributed by atoms with Crippen molar-refractivity contribution >= 4 is 29.2 Å². The minimum absolute atomic E-state index is 0.169. The number of tetrazole rings is 1. The van der Waals surface area contributed by atoms with Gasteiger partial charge in [-0.2, -0.15) is 0 Å². The van der Waals surface area contributed by atoms with E-state index in [-0.39, 0.29) is 5.95 Å². The molecule has 0 amide bonds. The number of hydrogen-bond acceptors (Lipinski definition) is 6. The zero-order valence-corrected chi connectivity index (χ0v) is 12.1. The summed E-state index contributed by atoms with van der Waals surface area (Å²) in [6, 6.07) is 8.88. The number of anilines is 1. The lowest BCUT2D eigenvalue weighted by atomic mass is 10.2. The molecule has 0 saturated carbocycles. The molecule has 0 aliphatic heterocycles. The van der Waals surface area contributed by atoms with Crippen LogP contribution in [0.2, 0.25) is 10.0 Å². The lowest BCUT2D eigenvalue weighted by Gasteiger charge is -2.04. The molecular formula is C12H10Cl2N6O. The van der Waals surface area contributed by atoms with Gasteiger partial charge in [0.05, 0.1) is 11.6 Å². The SMILES string of the molecule is Nc1nnnn1NCc1ccc(-c2ccc(Cl)cc2Cl)o1. The van der Waals surface area contributed by atoms with E-state index in [9.17, 15) is 0 Å². The van der Waals surface area contributed by atoms with Crippen LogP contribution in [-0.4, -0.2) is 20.3 Å². The summed E-state index contributed by atoms with van der Waals surface area (Å²) in [5.41, 5.74) is 9.22. The number of nitrogens with zero attached hydrogens (tertiary/aromatic N) is 4. The van der Waals surface area contributed by atoms with Crippen molar-refractivity contribution in [1.29, 1.82) is 0 Å². The Labute approximate surface area is 129 Å². The predicted octanol–water partition coefficient (Wildman–Crippen LogP) is 2.57. The summed E-state index contributed by atoms with van der Waals surface area (Å²) in [4.78, 5) is 1.26. The number of nitrogens with one attached hydrogen (secondary N) is 1. The molecule has 21 heavy (non-hydrogen) atoms. The first-order valence-electron chi connectivity index (χ1n) is 5.95. The van der Waals surface area contributed by atoms with Crippen LogP contribution < -0.4 is 11.2 Å². The smallest absolute Gasteiger partial charge is 0.260 e. The third kappa shape index (κ3) is 2.93. The first-order valence-corrected chi connectivity index (χ1v) is 6.71. The van der Waals surface area contributed by atoms with Gasteiger partial charge in [-0.3, -0.25) is 5.43 Å². The Bertz CT molecular complexity index is 769. The monoisotopic (exact) mass is 324 g/mol. The minimum atomic E-state index is 0.169. The second kappa shape index (κ2) is 5.63. The van der Waals surface area contributed by atoms with Crippen molar-refractivity contribution in [2.24, 2.45) is 0 Å². The van der Waals surface area contributed by atoms with Crippen molar-refractivity contribution in [1.82, 2.24) is 20.3 Å². The third-order valence-electron chi connectivity index (χ3n) is 2.75. The molecule has 0 atom stereocenters. The predicted molar refractivity (Wildman–Crippen MR) is 79.5 cm³/mol. The number of nitrogen functional groups attached to an aromatic ring is 1. The molecule has 0 radical (unpaired) electrons. The van der Waals surface area contributed by atoms with Crippen LogP contribution in [0.3, 0.4) is 0 Å². The quantitative estimate of drug-likeness (QED) is 0.765. The molecule has 3 rings (SSSR count). The van der Waals surface area contributed by atoms with Crippen LogP contribution >= 0.6 is 23.2 Å². The lowest BCUT2D eigenvalue weighted by Crippen LogP contribution is -2.18. The van der Waals surface area contributed by atoms with Crippen molar-refractivity contribution in [2.75, 3.05) is 11.2 Å². The maximum atomic E-state index is 6.15. The molecule has 0 saturated heterocycles. The summed E-state index contributed by atoms with van der Waals surface area (Å²) in [5, 5.41) is 11.7. The van der Waals surface area contributed by atoms with E-state index in [4.69, 9.17) is 33.4 Å². The van der Waals surface area contributed by atoms with Crippen LogP contribution in [0, 0.1) is 0 Å². The number of halogens is 2. The summed E-state index contributed by atoms with van der Waals surface area (Å²) >= 11 is 12.0. The molecule has 7 nitrogen and oxygen atoms in total. The molecule has 9 heteroatoms. The van der Waals surface area contributed by atoms with Crippen LogP contribution in [0.4, 0.5) is 5.95 Å². The molecule has 0 fully saturated rings. The Kier molecular flexibility index (Phi) is 3.68. The first-order chi connectivity index (χ1) is 10.1. The van der Waals surface area contributed by atoms with Gasteiger partial charge in [0.25, 0.3) is 5.95 Å². The highest BCUT2D eigenvalue weighted by atomic mass is 35.5. The van der Waals surface area contributed by atoms with Crippen LogP contribution in [0.1, 0.15) is 5.76 Å². The van der Waals surface area contributed by atoms with Crippen LogP contribution in [0.5, 0.6) is 0 Å². The van der Waals surface area contributed by atoms with E-state index < -0.39 is 0 Å². The molecule has 108 valence electrons. The van der Waals surface area contributed by atoms with Gasteiger partial charge in [0.2, 0.25) is 0 Å². The number of aromatic nitrogens is 4. The van der Waals surface area contributed by atoms with Gasteiger partial charge in [-0.05, 0) is 40.8 Å². The Balaban J connectivity index is 1.75. The highest BCUT2D eigenvalue weighted by Gasteiger charge is 2.09. The molecule has 0 bridgehead atoms.